The van der Waals surface area contributed by atoms with Crippen LogP contribution in [0.25, 0.3) is 0 Å². The van der Waals surface area contributed by atoms with Crippen LogP contribution < -0.4 is 11.2 Å². The zero-order valence-electron chi connectivity index (χ0n) is 8.73. The van der Waals surface area contributed by atoms with Crippen molar-refractivity contribution >= 4 is 23.4 Å². The van der Waals surface area contributed by atoms with Crippen LogP contribution in [-0.2, 0) is 19.2 Å². The smallest absolute Gasteiger partial charge is 0.291 e. The zero-order chi connectivity index (χ0) is 12.1. The van der Waals surface area contributed by atoms with Crippen molar-refractivity contribution in [2.45, 2.75) is 12.8 Å². The van der Waals surface area contributed by atoms with Crippen molar-refractivity contribution in [3.05, 3.63) is 0 Å². The second-order valence-electron chi connectivity index (χ2n) is 3.15. The topological polar surface area (TPSA) is 114 Å². The quantitative estimate of drug-likeness (QED) is 0.548. The number of nitrogens with zero attached hydrogens (tertiary/aromatic N) is 2. The minimum atomic E-state index is -0.696. The third-order valence-electron chi connectivity index (χ3n) is 1.85. The summed E-state index contributed by atoms with van der Waals surface area (Å²) in [6.45, 7) is -0.409. The van der Waals surface area contributed by atoms with Gasteiger partial charge < -0.3 is 5.73 Å². The molecule has 0 fully saturated rings. The average molecular weight is 228 g/mol. The van der Waals surface area contributed by atoms with E-state index in [0.717, 1.165) is 5.01 Å². The summed E-state index contributed by atoms with van der Waals surface area (Å²) in [6.07, 6.45) is 0.466. The molecule has 1 aliphatic heterocycles. The van der Waals surface area contributed by atoms with E-state index in [-0.39, 0.29) is 24.5 Å². The van der Waals surface area contributed by atoms with Gasteiger partial charge in [0, 0.05) is 19.9 Å². The Morgan fingerprint density at radius 3 is 2.81 bits per heavy atom. The summed E-state index contributed by atoms with van der Waals surface area (Å²) in [5.41, 5.74) is 6.98. The molecular weight excluding hydrogens is 216 g/mol. The number of nitrogens with two attached hydrogens (primary N) is 1. The molecule has 0 spiro atoms. The Hall–Kier alpha value is -1.96. The molecule has 3 amide bonds. The predicted octanol–water partition coefficient (Wildman–Crippen LogP) is -1.87. The molecule has 0 saturated carbocycles. The van der Waals surface area contributed by atoms with Gasteiger partial charge in [0.15, 0.2) is 6.61 Å². The molecule has 0 aromatic carbocycles. The monoisotopic (exact) mass is 228 g/mol. The van der Waals surface area contributed by atoms with E-state index in [9.17, 15) is 14.4 Å². The van der Waals surface area contributed by atoms with E-state index < -0.39 is 18.4 Å². The maximum absolute atomic E-state index is 11.4. The van der Waals surface area contributed by atoms with E-state index >= 15 is 0 Å². The molecule has 3 N–H and O–H groups in total. The van der Waals surface area contributed by atoms with Crippen LogP contribution in [0, 0.1) is 0 Å². The summed E-state index contributed by atoms with van der Waals surface area (Å²) in [7, 11) is 1.46. The first-order valence-corrected chi connectivity index (χ1v) is 4.55. The lowest BCUT2D eigenvalue weighted by molar-refractivity contribution is -0.133. The number of hydrazone groups is 1. The molecule has 0 aromatic heterocycles. The molecule has 0 radical (unpaired) electrons. The molecule has 88 valence electrons. The van der Waals surface area contributed by atoms with Crippen molar-refractivity contribution in [2.24, 2.45) is 10.8 Å². The first kappa shape index (κ1) is 12.1. The summed E-state index contributed by atoms with van der Waals surface area (Å²) >= 11 is 0. The van der Waals surface area contributed by atoms with Gasteiger partial charge in [-0.2, -0.15) is 5.10 Å². The highest BCUT2D eigenvalue weighted by Crippen LogP contribution is 2.06. The second-order valence-corrected chi connectivity index (χ2v) is 3.15. The van der Waals surface area contributed by atoms with E-state index in [1.165, 1.54) is 7.05 Å². The molecule has 1 rings (SSSR count). The molecule has 0 saturated heterocycles. The SMILES string of the molecule is CN1N=C(C(=O)NOCC(N)=O)CCC1=O. The number of amides is 3. The highest BCUT2D eigenvalue weighted by molar-refractivity contribution is 6.39. The molecule has 1 aliphatic rings. The molecule has 0 aliphatic carbocycles. The van der Waals surface area contributed by atoms with Gasteiger partial charge in [0.1, 0.15) is 5.71 Å². The van der Waals surface area contributed by atoms with Crippen LogP contribution in [0.4, 0.5) is 0 Å². The van der Waals surface area contributed by atoms with Gasteiger partial charge in [0.25, 0.3) is 5.91 Å². The third-order valence-corrected chi connectivity index (χ3v) is 1.85. The van der Waals surface area contributed by atoms with Crippen molar-refractivity contribution in [3.63, 3.8) is 0 Å². The summed E-state index contributed by atoms with van der Waals surface area (Å²) in [5, 5.41) is 4.84. The van der Waals surface area contributed by atoms with E-state index in [2.05, 4.69) is 9.94 Å². The van der Waals surface area contributed by atoms with Crippen molar-refractivity contribution in [2.75, 3.05) is 13.7 Å². The number of hydrogen-bond donors (Lipinski definition) is 2. The lowest BCUT2D eigenvalue weighted by Crippen LogP contribution is -2.38. The number of rotatable bonds is 4. The average Bonchev–Trinajstić information content (AvgIpc) is 2.21. The van der Waals surface area contributed by atoms with Crippen molar-refractivity contribution < 1.29 is 19.2 Å². The molecule has 16 heavy (non-hydrogen) atoms. The van der Waals surface area contributed by atoms with Gasteiger partial charge in [0.05, 0.1) is 0 Å². The van der Waals surface area contributed by atoms with Gasteiger partial charge in [-0.3, -0.25) is 19.2 Å². The normalized spacial score (nSPS) is 15.7. The van der Waals surface area contributed by atoms with E-state index in [0.29, 0.717) is 0 Å². The Morgan fingerprint density at radius 2 is 2.25 bits per heavy atom. The van der Waals surface area contributed by atoms with Gasteiger partial charge in [0.2, 0.25) is 11.8 Å². The van der Waals surface area contributed by atoms with E-state index in [1.54, 1.807) is 0 Å². The van der Waals surface area contributed by atoms with Crippen molar-refractivity contribution in [3.8, 4) is 0 Å². The van der Waals surface area contributed by atoms with Crippen LogP contribution in [0.5, 0.6) is 0 Å². The molecule has 0 aromatic rings. The Labute approximate surface area is 91.4 Å². The van der Waals surface area contributed by atoms with Crippen LogP contribution in [-0.4, -0.2) is 42.1 Å². The van der Waals surface area contributed by atoms with Gasteiger partial charge in [-0.05, 0) is 0 Å². The number of nitrogens with one attached hydrogen (secondary N) is 1. The molecular formula is C8H12N4O4. The summed E-state index contributed by atoms with van der Waals surface area (Å²) < 4.78 is 0. The first-order chi connectivity index (χ1) is 7.50. The summed E-state index contributed by atoms with van der Waals surface area (Å²) in [4.78, 5) is 37.3. The number of carbonyl (C=O) groups is 3. The van der Waals surface area contributed by atoms with Gasteiger partial charge in [-0.15, -0.1) is 0 Å². The van der Waals surface area contributed by atoms with E-state index in [1.807, 2.05) is 5.48 Å². The molecule has 1 heterocycles. The van der Waals surface area contributed by atoms with Crippen molar-refractivity contribution in [1.29, 1.82) is 0 Å². The van der Waals surface area contributed by atoms with Crippen molar-refractivity contribution in [1.82, 2.24) is 10.5 Å². The zero-order valence-corrected chi connectivity index (χ0v) is 8.73. The summed E-state index contributed by atoms with van der Waals surface area (Å²) in [6, 6.07) is 0. The second kappa shape index (κ2) is 5.21. The number of carbonyl (C=O) groups excluding carboxylic acids is 3. The maximum atomic E-state index is 11.4. The molecule has 0 unspecified atom stereocenters. The fourth-order valence-corrected chi connectivity index (χ4v) is 1.06. The molecule has 0 bridgehead atoms. The van der Waals surface area contributed by atoms with Crippen LogP contribution in [0.15, 0.2) is 5.10 Å². The van der Waals surface area contributed by atoms with E-state index in [4.69, 9.17) is 5.73 Å². The minimum Gasteiger partial charge on any atom is -0.368 e. The van der Waals surface area contributed by atoms with Crippen LogP contribution in [0.1, 0.15) is 12.8 Å². The Morgan fingerprint density at radius 1 is 1.56 bits per heavy atom. The standard InChI is InChI=1S/C8H12N4O4/c1-12-7(14)3-2-5(10-12)8(15)11-16-4-6(9)13/h2-4H2,1H3,(H2,9,13)(H,11,15). The molecule has 8 nitrogen and oxygen atoms in total. The third kappa shape index (κ3) is 3.31. The fraction of sp³-hybridized carbons (Fsp3) is 0.500. The first-order valence-electron chi connectivity index (χ1n) is 4.55. The van der Waals surface area contributed by atoms with Crippen LogP contribution in [0.2, 0.25) is 0 Å². The molecule has 8 heteroatoms. The number of hydrogen-bond acceptors (Lipinski definition) is 5. The highest BCUT2D eigenvalue weighted by atomic mass is 16.7. The lowest BCUT2D eigenvalue weighted by Gasteiger charge is -2.18. The predicted molar refractivity (Wildman–Crippen MR) is 52.7 cm³/mol. The van der Waals surface area contributed by atoms with Crippen LogP contribution in [0.3, 0.4) is 0 Å². The Bertz CT molecular complexity index is 352. The van der Waals surface area contributed by atoms with Crippen LogP contribution >= 0.6 is 0 Å². The van der Waals surface area contributed by atoms with Gasteiger partial charge in [-0.25, -0.2) is 10.5 Å². The number of hydroxylamine groups is 1. The Balaban J connectivity index is 2.45. The number of primary amides is 1. The molecule has 0 atom stereocenters. The van der Waals surface area contributed by atoms with Gasteiger partial charge >= 0.3 is 0 Å². The fourth-order valence-electron chi connectivity index (χ4n) is 1.06. The summed E-state index contributed by atoms with van der Waals surface area (Å²) in [5.74, 6) is -1.44. The Kier molecular flexibility index (Phi) is 3.95. The largest absolute Gasteiger partial charge is 0.368 e. The maximum Gasteiger partial charge on any atom is 0.291 e. The highest BCUT2D eigenvalue weighted by Gasteiger charge is 2.21. The lowest BCUT2D eigenvalue weighted by atomic mass is 10.1. The van der Waals surface area contributed by atoms with Gasteiger partial charge in [-0.1, -0.05) is 0 Å². The minimum absolute atomic E-state index is 0.158.